The quantitative estimate of drug-likeness (QED) is 0.808. The molecule has 1 N–H and O–H groups in total. The van der Waals surface area contributed by atoms with Crippen molar-refractivity contribution in [1.29, 1.82) is 0 Å². The number of amides is 1. The van der Waals surface area contributed by atoms with Crippen molar-refractivity contribution < 1.29 is 9.53 Å². The molecule has 0 fully saturated rings. The molecule has 0 unspecified atom stereocenters. The van der Waals surface area contributed by atoms with E-state index in [0.717, 1.165) is 25.2 Å². The highest BCUT2D eigenvalue weighted by molar-refractivity contribution is 5.67. The molecule has 136 valence electrons. The molecule has 0 heterocycles. The molecule has 0 bridgehead atoms. The predicted molar refractivity (Wildman–Crippen MR) is 100.0 cm³/mol. The van der Waals surface area contributed by atoms with Crippen LogP contribution in [0.2, 0.25) is 0 Å². The summed E-state index contributed by atoms with van der Waals surface area (Å²) in [5, 5.41) is 2.85. The zero-order chi connectivity index (χ0) is 18.2. The molecule has 0 atom stereocenters. The molecule has 0 aliphatic heterocycles. The van der Waals surface area contributed by atoms with E-state index in [2.05, 4.69) is 51.8 Å². The summed E-state index contributed by atoms with van der Waals surface area (Å²) in [6.45, 7) is 17.2. The van der Waals surface area contributed by atoms with E-state index in [1.54, 1.807) is 0 Å². The Hall–Kier alpha value is -1.55. The number of ether oxygens (including phenoxy) is 1. The number of alkyl carbamates (subject to hydrolysis) is 1. The highest BCUT2D eigenvalue weighted by Gasteiger charge is 2.21. The topological polar surface area (TPSA) is 41.6 Å². The molecular weight excluding hydrogens is 300 g/mol. The molecule has 0 spiro atoms. The van der Waals surface area contributed by atoms with Gasteiger partial charge < -0.3 is 15.0 Å². The Balaban J connectivity index is 2.36. The summed E-state index contributed by atoms with van der Waals surface area (Å²) < 4.78 is 5.24. The fourth-order valence-corrected chi connectivity index (χ4v) is 2.65. The van der Waals surface area contributed by atoms with Gasteiger partial charge in [0.05, 0.1) is 0 Å². The smallest absolute Gasteiger partial charge is 0.407 e. The Bertz CT molecular complexity index is 471. The van der Waals surface area contributed by atoms with Crippen molar-refractivity contribution in [2.75, 3.05) is 26.2 Å². The van der Waals surface area contributed by atoms with E-state index in [1.165, 1.54) is 0 Å². The van der Waals surface area contributed by atoms with Gasteiger partial charge in [0.25, 0.3) is 0 Å². The maximum Gasteiger partial charge on any atom is 0.407 e. The fourth-order valence-electron chi connectivity index (χ4n) is 2.65. The Morgan fingerprint density at radius 3 is 2.04 bits per heavy atom. The summed E-state index contributed by atoms with van der Waals surface area (Å²) in [5.74, 6) is 0. The summed E-state index contributed by atoms with van der Waals surface area (Å²) in [4.78, 5) is 14.2. The first kappa shape index (κ1) is 20.5. The van der Waals surface area contributed by atoms with E-state index in [1.807, 2.05) is 30.3 Å². The van der Waals surface area contributed by atoms with Gasteiger partial charge in [0, 0.05) is 26.2 Å². The zero-order valence-electron chi connectivity index (χ0n) is 16.2. The normalized spacial score (nSPS) is 12.3. The minimum absolute atomic E-state index is 0.235. The largest absolute Gasteiger partial charge is 0.445 e. The van der Waals surface area contributed by atoms with Gasteiger partial charge in [0.15, 0.2) is 0 Å². The Morgan fingerprint density at radius 2 is 1.54 bits per heavy atom. The molecule has 0 saturated carbocycles. The third-order valence-electron chi connectivity index (χ3n) is 3.31. The second-order valence-corrected chi connectivity index (χ2v) is 8.82. The molecule has 1 rings (SSSR count). The van der Waals surface area contributed by atoms with E-state index in [-0.39, 0.29) is 16.9 Å². The molecule has 1 amide bonds. The molecule has 1 aromatic carbocycles. The van der Waals surface area contributed by atoms with Crippen LogP contribution in [-0.4, -0.2) is 37.2 Å². The van der Waals surface area contributed by atoms with Gasteiger partial charge in [0.1, 0.15) is 6.61 Å². The lowest BCUT2D eigenvalue weighted by Crippen LogP contribution is -2.42. The molecule has 1 aromatic rings. The maximum absolute atomic E-state index is 11.8. The van der Waals surface area contributed by atoms with E-state index >= 15 is 0 Å². The zero-order valence-corrected chi connectivity index (χ0v) is 16.2. The van der Waals surface area contributed by atoms with Gasteiger partial charge in [-0.25, -0.2) is 4.79 Å². The summed E-state index contributed by atoms with van der Waals surface area (Å²) >= 11 is 0. The lowest BCUT2D eigenvalue weighted by Gasteiger charge is -2.34. The van der Waals surface area contributed by atoms with Crippen LogP contribution >= 0.6 is 0 Å². The van der Waals surface area contributed by atoms with E-state index in [4.69, 9.17) is 4.74 Å². The number of nitrogens with one attached hydrogen (secondary N) is 1. The van der Waals surface area contributed by atoms with Gasteiger partial charge in [-0.15, -0.1) is 0 Å². The molecule has 0 saturated heterocycles. The Kier molecular flexibility index (Phi) is 7.74. The highest BCUT2D eigenvalue weighted by Crippen LogP contribution is 2.20. The number of carbonyl (C=O) groups excluding carboxylic acids is 1. The minimum Gasteiger partial charge on any atom is -0.445 e. The number of benzene rings is 1. The van der Waals surface area contributed by atoms with Crippen molar-refractivity contribution in [1.82, 2.24) is 10.2 Å². The molecule has 4 heteroatoms. The molecule has 0 radical (unpaired) electrons. The number of hydrogen-bond acceptors (Lipinski definition) is 3. The van der Waals surface area contributed by atoms with Gasteiger partial charge in [-0.05, 0) is 16.4 Å². The van der Waals surface area contributed by atoms with Crippen LogP contribution in [0.3, 0.4) is 0 Å². The van der Waals surface area contributed by atoms with Crippen molar-refractivity contribution in [3.63, 3.8) is 0 Å². The van der Waals surface area contributed by atoms with Crippen LogP contribution in [0, 0.1) is 10.8 Å². The number of hydrogen-bond donors (Lipinski definition) is 1. The number of carbonyl (C=O) groups is 1. The van der Waals surface area contributed by atoms with Crippen LogP contribution < -0.4 is 5.32 Å². The molecule has 24 heavy (non-hydrogen) atoms. The third kappa shape index (κ3) is 10.3. The van der Waals surface area contributed by atoms with E-state index in [9.17, 15) is 4.79 Å². The van der Waals surface area contributed by atoms with Gasteiger partial charge >= 0.3 is 6.09 Å². The van der Waals surface area contributed by atoms with Crippen molar-refractivity contribution in [3.8, 4) is 0 Å². The number of rotatable bonds is 7. The number of nitrogens with zero attached hydrogens (tertiary/aromatic N) is 1. The summed E-state index contributed by atoms with van der Waals surface area (Å²) in [7, 11) is 0. The molecule has 4 nitrogen and oxygen atoms in total. The average molecular weight is 335 g/mol. The summed E-state index contributed by atoms with van der Waals surface area (Å²) in [6.07, 6.45) is -0.356. The van der Waals surface area contributed by atoms with Crippen molar-refractivity contribution in [2.45, 2.75) is 48.1 Å². The van der Waals surface area contributed by atoms with E-state index < -0.39 is 0 Å². The summed E-state index contributed by atoms with van der Waals surface area (Å²) in [6, 6.07) is 9.72. The minimum atomic E-state index is -0.356. The van der Waals surface area contributed by atoms with Gasteiger partial charge in [-0.3, -0.25) is 0 Å². The standard InChI is InChI=1S/C20H34N2O2/c1-19(2,3)15-22(16-20(4,5)6)13-12-21-18(23)24-14-17-10-8-7-9-11-17/h7-11H,12-16H2,1-6H3,(H,21,23). The molecule has 0 aromatic heterocycles. The van der Waals surface area contributed by atoms with Crippen molar-refractivity contribution in [2.24, 2.45) is 10.8 Å². The van der Waals surface area contributed by atoms with Gasteiger partial charge in [-0.2, -0.15) is 0 Å². The van der Waals surface area contributed by atoms with Crippen LogP contribution in [0.25, 0.3) is 0 Å². The lowest BCUT2D eigenvalue weighted by molar-refractivity contribution is 0.127. The van der Waals surface area contributed by atoms with Crippen LogP contribution in [-0.2, 0) is 11.3 Å². The highest BCUT2D eigenvalue weighted by atomic mass is 16.5. The first-order valence-corrected chi connectivity index (χ1v) is 8.72. The first-order valence-electron chi connectivity index (χ1n) is 8.72. The van der Waals surface area contributed by atoms with Crippen LogP contribution in [0.5, 0.6) is 0 Å². The third-order valence-corrected chi connectivity index (χ3v) is 3.31. The second-order valence-electron chi connectivity index (χ2n) is 8.82. The maximum atomic E-state index is 11.8. The lowest BCUT2D eigenvalue weighted by atomic mass is 9.92. The second kappa shape index (κ2) is 9.07. The molecule has 0 aliphatic carbocycles. The molecular formula is C20H34N2O2. The Morgan fingerprint density at radius 1 is 1.00 bits per heavy atom. The SMILES string of the molecule is CC(C)(C)CN(CCNC(=O)OCc1ccccc1)CC(C)(C)C. The van der Waals surface area contributed by atoms with Crippen molar-refractivity contribution >= 4 is 6.09 Å². The van der Waals surface area contributed by atoms with Crippen LogP contribution in [0.1, 0.15) is 47.1 Å². The first-order chi connectivity index (χ1) is 11.1. The average Bonchev–Trinajstić information content (AvgIpc) is 2.42. The molecule has 0 aliphatic rings. The van der Waals surface area contributed by atoms with Crippen LogP contribution in [0.15, 0.2) is 30.3 Å². The van der Waals surface area contributed by atoms with E-state index in [0.29, 0.717) is 13.2 Å². The van der Waals surface area contributed by atoms with Crippen LogP contribution in [0.4, 0.5) is 4.79 Å². The fraction of sp³-hybridized carbons (Fsp3) is 0.650. The van der Waals surface area contributed by atoms with Gasteiger partial charge in [-0.1, -0.05) is 71.9 Å². The van der Waals surface area contributed by atoms with Crippen molar-refractivity contribution in [3.05, 3.63) is 35.9 Å². The monoisotopic (exact) mass is 334 g/mol. The van der Waals surface area contributed by atoms with Gasteiger partial charge in [0.2, 0.25) is 0 Å². The summed E-state index contributed by atoms with van der Waals surface area (Å²) in [5.41, 5.74) is 1.47. The Labute approximate surface area is 147 Å². The predicted octanol–water partition coefficient (Wildman–Crippen LogP) is 4.31.